The Morgan fingerprint density at radius 1 is 0.810 bits per heavy atom. The summed E-state index contributed by atoms with van der Waals surface area (Å²) < 4.78 is 2.25. The average Bonchev–Trinajstić information content (AvgIpc) is 2.90. The van der Waals surface area contributed by atoms with Gasteiger partial charge in [0.2, 0.25) is 0 Å². The lowest BCUT2D eigenvalue weighted by Gasteiger charge is -2.00. The summed E-state index contributed by atoms with van der Waals surface area (Å²) in [5, 5.41) is 2.69. The smallest absolute Gasteiger partial charge is 0.173 e. The van der Waals surface area contributed by atoms with Gasteiger partial charge >= 0.3 is 0 Å². The van der Waals surface area contributed by atoms with Crippen LogP contribution in [0.4, 0.5) is 0 Å². The third kappa shape index (κ3) is 2.70. The Morgan fingerprint density at radius 3 is 1.62 bits per heavy atom. The first-order valence-corrected chi connectivity index (χ1v) is 9.34. The fraction of sp³-hybridized carbons (Fsp3) is 0.125. The van der Waals surface area contributed by atoms with Gasteiger partial charge in [0.15, 0.2) is 11.6 Å². The summed E-state index contributed by atoms with van der Waals surface area (Å²) >= 11 is 8.07. The summed E-state index contributed by atoms with van der Waals surface area (Å²) in [6, 6.07) is 11.5. The van der Waals surface area contributed by atoms with Crippen LogP contribution in [0.2, 0.25) is 0 Å². The number of benzene rings is 2. The van der Waals surface area contributed by atoms with Gasteiger partial charge in [-0.25, -0.2) is 0 Å². The molecule has 0 unspecified atom stereocenters. The van der Waals surface area contributed by atoms with Gasteiger partial charge in [0.25, 0.3) is 0 Å². The zero-order valence-electron chi connectivity index (χ0n) is 10.9. The van der Waals surface area contributed by atoms with Crippen molar-refractivity contribution in [3.05, 3.63) is 47.5 Å². The Kier molecular flexibility index (Phi) is 4.24. The minimum absolute atomic E-state index is 0.0592. The predicted octanol–water partition coefficient (Wildman–Crippen LogP) is 5.21. The van der Waals surface area contributed by atoms with Crippen LogP contribution in [0.25, 0.3) is 20.2 Å². The monoisotopic (exact) mass is 424 g/mol. The van der Waals surface area contributed by atoms with Gasteiger partial charge < -0.3 is 0 Å². The van der Waals surface area contributed by atoms with Crippen LogP contribution in [0.5, 0.6) is 0 Å². The SMILES string of the molecule is O=C(CBr)c1ccc2sc3ccc(C(=O)CBr)cc3c2c1. The molecule has 0 atom stereocenters. The molecule has 3 rings (SSSR count). The number of Topliss-reactive ketones (excluding diaryl/α,β-unsaturated/α-hetero) is 2. The van der Waals surface area contributed by atoms with Crippen LogP contribution >= 0.6 is 43.2 Å². The van der Waals surface area contributed by atoms with Crippen molar-refractivity contribution in [3.8, 4) is 0 Å². The molecule has 0 saturated heterocycles. The maximum absolute atomic E-state index is 11.8. The molecule has 2 nitrogen and oxygen atoms in total. The van der Waals surface area contributed by atoms with Crippen molar-refractivity contribution in [2.75, 3.05) is 10.7 Å². The van der Waals surface area contributed by atoms with E-state index in [1.165, 1.54) is 0 Å². The second-order valence-electron chi connectivity index (χ2n) is 4.64. The molecule has 0 bridgehead atoms. The number of fused-ring (bicyclic) bond motifs is 3. The molecule has 0 aliphatic rings. The average molecular weight is 426 g/mol. The van der Waals surface area contributed by atoms with E-state index >= 15 is 0 Å². The first-order valence-electron chi connectivity index (χ1n) is 6.28. The summed E-state index contributed by atoms with van der Waals surface area (Å²) in [6.07, 6.45) is 0. The molecule has 0 radical (unpaired) electrons. The lowest BCUT2D eigenvalue weighted by Crippen LogP contribution is -1.99. The highest BCUT2D eigenvalue weighted by atomic mass is 79.9. The van der Waals surface area contributed by atoms with E-state index in [0.717, 1.165) is 20.2 Å². The van der Waals surface area contributed by atoms with Gasteiger partial charge in [-0.15, -0.1) is 11.3 Å². The van der Waals surface area contributed by atoms with Gasteiger partial charge in [-0.3, -0.25) is 9.59 Å². The van der Waals surface area contributed by atoms with Crippen molar-refractivity contribution in [1.82, 2.24) is 0 Å². The van der Waals surface area contributed by atoms with E-state index in [-0.39, 0.29) is 11.6 Å². The van der Waals surface area contributed by atoms with E-state index in [0.29, 0.717) is 21.8 Å². The molecule has 0 aliphatic heterocycles. The summed E-state index contributed by atoms with van der Waals surface area (Å²) in [4.78, 5) is 23.7. The molecule has 0 amide bonds. The summed E-state index contributed by atoms with van der Waals surface area (Å²) in [5.74, 6) is 0.118. The number of carbonyl (C=O) groups excluding carboxylic acids is 2. The van der Waals surface area contributed by atoms with Crippen LogP contribution in [0.3, 0.4) is 0 Å². The van der Waals surface area contributed by atoms with Crippen molar-refractivity contribution in [1.29, 1.82) is 0 Å². The Hall–Kier alpha value is -1.04. The number of carbonyl (C=O) groups is 2. The fourth-order valence-electron chi connectivity index (χ4n) is 2.28. The van der Waals surface area contributed by atoms with E-state index < -0.39 is 0 Å². The van der Waals surface area contributed by atoms with Gasteiger partial charge in [-0.05, 0) is 36.4 Å². The molecule has 2 aromatic carbocycles. The van der Waals surface area contributed by atoms with E-state index in [1.54, 1.807) is 11.3 Å². The van der Waals surface area contributed by atoms with E-state index in [4.69, 9.17) is 0 Å². The number of hydrogen-bond donors (Lipinski definition) is 0. The Morgan fingerprint density at radius 2 is 1.24 bits per heavy atom. The summed E-state index contributed by atoms with van der Waals surface area (Å²) in [5.41, 5.74) is 1.38. The quantitative estimate of drug-likeness (QED) is 0.424. The lowest BCUT2D eigenvalue weighted by atomic mass is 10.0. The van der Waals surface area contributed by atoms with E-state index in [1.807, 2.05) is 36.4 Å². The number of ketones is 2. The van der Waals surface area contributed by atoms with Crippen LogP contribution < -0.4 is 0 Å². The van der Waals surface area contributed by atoms with Crippen LogP contribution in [0.15, 0.2) is 36.4 Å². The van der Waals surface area contributed by atoms with E-state index in [9.17, 15) is 9.59 Å². The van der Waals surface area contributed by atoms with Crippen molar-refractivity contribution >= 4 is 74.9 Å². The molecule has 5 heteroatoms. The van der Waals surface area contributed by atoms with Crippen molar-refractivity contribution in [2.24, 2.45) is 0 Å². The second-order valence-corrected chi connectivity index (χ2v) is 6.84. The van der Waals surface area contributed by atoms with Crippen molar-refractivity contribution in [2.45, 2.75) is 0 Å². The normalized spacial score (nSPS) is 11.1. The zero-order valence-corrected chi connectivity index (χ0v) is 14.8. The first kappa shape index (κ1) is 14.9. The Balaban J connectivity index is 2.25. The Labute approximate surface area is 142 Å². The van der Waals surface area contributed by atoms with E-state index in [2.05, 4.69) is 31.9 Å². The second kappa shape index (κ2) is 5.99. The number of alkyl halides is 2. The van der Waals surface area contributed by atoms with Crippen LogP contribution in [-0.2, 0) is 0 Å². The molecule has 1 aromatic heterocycles. The van der Waals surface area contributed by atoms with Crippen molar-refractivity contribution < 1.29 is 9.59 Å². The third-order valence-electron chi connectivity index (χ3n) is 3.36. The highest BCUT2D eigenvalue weighted by molar-refractivity contribution is 9.09. The molecule has 1 heterocycles. The largest absolute Gasteiger partial charge is 0.293 e. The van der Waals surface area contributed by atoms with Crippen molar-refractivity contribution in [3.63, 3.8) is 0 Å². The number of thiophene rings is 1. The maximum atomic E-state index is 11.8. The summed E-state index contributed by atoms with van der Waals surface area (Å²) in [6.45, 7) is 0. The lowest BCUT2D eigenvalue weighted by molar-refractivity contribution is 0.101. The maximum Gasteiger partial charge on any atom is 0.173 e. The van der Waals surface area contributed by atoms with Gasteiger partial charge in [0, 0.05) is 31.3 Å². The minimum Gasteiger partial charge on any atom is -0.293 e. The number of hydrogen-bond acceptors (Lipinski definition) is 3. The van der Waals surface area contributed by atoms with Gasteiger partial charge in [-0.1, -0.05) is 31.9 Å². The molecule has 0 fully saturated rings. The van der Waals surface area contributed by atoms with Gasteiger partial charge in [0.05, 0.1) is 10.7 Å². The topological polar surface area (TPSA) is 34.1 Å². The highest BCUT2D eigenvalue weighted by Crippen LogP contribution is 2.35. The number of halogens is 2. The number of rotatable bonds is 4. The first-order chi connectivity index (χ1) is 10.1. The Bertz CT molecular complexity index is 797. The molecular weight excluding hydrogens is 416 g/mol. The van der Waals surface area contributed by atoms with Gasteiger partial charge in [0.1, 0.15) is 0 Å². The molecule has 3 aromatic rings. The standard InChI is InChI=1S/C16H10Br2O2S/c17-7-13(19)9-1-3-15-11(5-9)12-6-10(14(20)8-18)2-4-16(12)21-15/h1-6H,7-8H2. The molecule has 21 heavy (non-hydrogen) atoms. The molecule has 0 spiro atoms. The van der Waals surface area contributed by atoms with Crippen LogP contribution in [0.1, 0.15) is 20.7 Å². The molecule has 106 valence electrons. The highest BCUT2D eigenvalue weighted by Gasteiger charge is 2.11. The molecule has 0 aliphatic carbocycles. The van der Waals surface area contributed by atoms with Crippen LogP contribution in [0, 0.1) is 0 Å². The minimum atomic E-state index is 0.0592. The van der Waals surface area contributed by atoms with Gasteiger partial charge in [-0.2, -0.15) is 0 Å². The summed E-state index contributed by atoms with van der Waals surface area (Å²) in [7, 11) is 0. The molecular formula is C16H10Br2O2S. The molecule has 0 N–H and O–H groups in total. The third-order valence-corrected chi connectivity index (χ3v) is 5.53. The van der Waals surface area contributed by atoms with Crippen LogP contribution in [-0.4, -0.2) is 22.2 Å². The zero-order chi connectivity index (χ0) is 15.0. The fourth-order valence-corrected chi connectivity index (χ4v) is 3.99. The predicted molar refractivity (Wildman–Crippen MR) is 95.6 cm³/mol. The molecule has 0 saturated carbocycles.